The molecule has 2 atom stereocenters. The predicted molar refractivity (Wildman–Crippen MR) is 50.5 cm³/mol. The van der Waals surface area contributed by atoms with Gasteiger partial charge in [0.25, 0.3) is 0 Å². The van der Waals surface area contributed by atoms with Crippen LogP contribution in [0.4, 0.5) is 0 Å². The van der Waals surface area contributed by atoms with Crippen molar-refractivity contribution in [1.82, 2.24) is 0 Å². The van der Waals surface area contributed by atoms with Gasteiger partial charge in [-0.1, -0.05) is 13.8 Å². The van der Waals surface area contributed by atoms with E-state index in [1.807, 2.05) is 13.8 Å². The third kappa shape index (κ3) is 4.62. The zero-order valence-corrected chi connectivity index (χ0v) is 8.30. The Hall–Kier alpha value is -0.220. The Morgan fingerprint density at radius 1 is 1.42 bits per heavy atom. The number of hydrogen-bond donors (Lipinski definition) is 2. The van der Waals surface area contributed by atoms with Crippen LogP contribution in [0.1, 0.15) is 26.7 Å². The molecule has 0 aliphatic rings. The van der Waals surface area contributed by atoms with Gasteiger partial charge in [0.15, 0.2) is 0 Å². The lowest BCUT2D eigenvalue weighted by Gasteiger charge is -2.11. The third-order valence-electron chi connectivity index (χ3n) is 1.61. The number of carboxylic acids is 1. The van der Waals surface area contributed by atoms with Crippen molar-refractivity contribution in [1.29, 1.82) is 0 Å². The van der Waals surface area contributed by atoms with E-state index in [2.05, 4.69) is 0 Å². The number of rotatable bonds is 6. The minimum absolute atomic E-state index is 0.369. The highest BCUT2D eigenvalue weighted by molar-refractivity contribution is 8.00. The molecule has 12 heavy (non-hydrogen) atoms. The maximum atomic E-state index is 10.5. The van der Waals surface area contributed by atoms with Crippen LogP contribution in [-0.2, 0) is 4.79 Å². The Bertz CT molecular complexity index is 138. The van der Waals surface area contributed by atoms with Crippen LogP contribution < -0.4 is 0 Å². The van der Waals surface area contributed by atoms with E-state index in [9.17, 15) is 9.90 Å². The quantitative estimate of drug-likeness (QED) is 0.667. The van der Waals surface area contributed by atoms with Crippen LogP contribution in [0.3, 0.4) is 0 Å². The standard InChI is InChI=1S/C8H16O3S/c1-3-6(9)5-12-7(4-2)8(10)11/h6-7,9H,3-5H2,1-2H3,(H,10,11). The smallest absolute Gasteiger partial charge is 0.316 e. The van der Waals surface area contributed by atoms with Gasteiger partial charge in [0.1, 0.15) is 5.25 Å². The molecule has 2 unspecified atom stereocenters. The Morgan fingerprint density at radius 2 is 2.00 bits per heavy atom. The average molecular weight is 192 g/mol. The molecule has 0 spiro atoms. The van der Waals surface area contributed by atoms with Crippen LogP contribution in [0.25, 0.3) is 0 Å². The second kappa shape index (κ2) is 6.31. The first-order valence-electron chi connectivity index (χ1n) is 4.14. The fraction of sp³-hybridized carbons (Fsp3) is 0.875. The van der Waals surface area contributed by atoms with Crippen molar-refractivity contribution in [3.8, 4) is 0 Å². The lowest BCUT2D eigenvalue weighted by Crippen LogP contribution is -2.19. The maximum Gasteiger partial charge on any atom is 0.316 e. The SMILES string of the molecule is CCC(O)CSC(CC)C(=O)O. The number of aliphatic hydroxyl groups is 1. The summed E-state index contributed by atoms with van der Waals surface area (Å²) in [5, 5.41) is 17.5. The van der Waals surface area contributed by atoms with E-state index in [0.29, 0.717) is 18.6 Å². The van der Waals surface area contributed by atoms with Gasteiger partial charge in [0.2, 0.25) is 0 Å². The minimum Gasteiger partial charge on any atom is -0.480 e. The molecule has 0 fully saturated rings. The molecule has 0 heterocycles. The van der Waals surface area contributed by atoms with Crippen LogP contribution in [0.2, 0.25) is 0 Å². The molecule has 0 bridgehead atoms. The lowest BCUT2D eigenvalue weighted by atomic mass is 10.3. The van der Waals surface area contributed by atoms with Crippen LogP contribution in [0.15, 0.2) is 0 Å². The molecular weight excluding hydrogens is 176 g/mol. The van der Waals surface area contributed by atoms with Crippen LogP contribution in [-0.4, -0.2) is 33.3 Å². The van der Waals surface area contributed by atoms with Gasteiger partial charge in [0, 0.05) is 5.75 Å². The Balaban J connectivity index is 3.65. The number of carbonyl (C=O) groups is 1. The number of aliphatic carboxylic acids is 1. The van der Waals surface area contributed by atoms with Crippen molar-refractivity contribution < 1.29 is 15.0 Å². The van der Waals surface area contributed by atoms with Gasteiger partial charge in [-0.2, -0.15) is 0 Å². The first kappa shape index (κ1) is 11.8. The summed E-state index contributed by atoms with van der Waals surface area (Å²) in [7, 11) is 0. The molecule has 0 saturated carbocycles. The van der Waals surface area contributed by atoms with Crippen molar-refractivity contribution in [2.24, 2.45) is 0 Å². The van der Waals surface area contributed by atoms with Crippen LogP contribution in [0.5, 0.6) is 0 Å². The Morgan fingerprint density at radius 3 is 2.33 bits per heavy atom. The van der Waals surface area contributed by atoms with Gasteiger partial charge in [-0.25, -0.2) is 0 Å². The molecule has 2 N–H and O–H groups in total. The number of hydrogen-bond acceptors (Lipinski definition) is 3. The van der Waals surface area contributed by atoms with Crippen molar-refractivity contribution in [3.05, 3.63) is 0 Å². The van der Waals surface area contributed by atoms with Gasteiger partial charge in [-0.15, -0.1) is 11.8 Å². The Labute approximate surface area is 77.2 Å². The topological polar surface area (TPSA) is 57.5 Å². The monoisotopic (exact) mass is 192 g/mol. The first-order valence-corrected chi connectivity index (χ1v) is 5.19. The van der Waals surface area contributed by atoms with Gasteiger partial charge < -0.3 is 10.2 Å². The second-order valence-corrected chi connectivity index (χ2v) is 3.87. The summed E-state index contributed by atoms with van der Waals surface area (Å²) in [6.45, 7) is 3.72. The molecule has 3 nitrogen and oxygen atoms in total. The zero-order chi connectivity index (χ0) is 9.56. The fourth-order valence-electron chi connectivity index (χ4n) is 0.709. The summed E-state index contributed by atoms with van der Waals surface area (Å²) in [5.41, 5.74) is 0. The number of thioether (sulfide) groups is 1. The van der Waals surface area contributed by atoms with Gasteiger partial charge in [0.05, 0.1) is 6.10 Å². The third-order valence-corrected chi connectivity index (χ3v) is 3.12. The molecule has 0 amide bonds. The average Bonchev–Trinajstić information content (AvgIpc) is 2.04. The molecule has 72 valence electrons. The molecule has 0 radical (unpaired) electrons. The van der Waals surface area contributed by atoms with Crippen molar-refractivity contribution >= 4 is 17.7 Å². The van der Waals surface area contributed by atoms with Crippen LogP contribution in [0, 0.1) is 0 Å². The van der Waals surface area contributed by atoms with E-state index in [-0.39, 0.29) is 11.4 Å². The number of carboxylic acid groups (broad SMARTS) is 1. The Kier molecular flexibility index (Phi) is 6.20. The molecule has 4 heteroatoms. The summed E-state index contributed by atoms with van der Waals surface area (Å²) in [5.74, 6) is -0.271. The summed E-state index contributed by atoms with van der Waals surface area (Å²) >= 11 is 1.31. The van der Waals surface area contributed by atoms with E-state index in [0.717, 1.165) is 0 Å². The van der Waals surface area contributed by atoms with Gasteiger partial charge in [-0.3, -0.25) is 4.79 Å². The van der Waals surface area contributed by atoms with Crippen molar-refractivity contribution in [2.75, 3.05) is 5.75 Å². The molecule has 0 aliphatic carbocycles. The lowest BCUT2D eigenvalue weighted by molar-refractivity contribution is -0.136. The normalized spacial score (nSPS) is 15.6. The number of aliphatic hydroxyl groups excluding tert-OH is 1. The molecule has 0 aromatic rings. The first-order chi connectivity index (χ1) is 5.61. The van der Waals surface area contributed by atoms with E-state index in [1.165, 1.54) is 11.8 Å². The minimum atomic E-state index is -0.786. The highest BCUT2D eigenvalue weighted by atomic mass is 32.2. The van der Waals surface area contributed by atoms with E-state index < -0.39 is 5.97 Å². The van der Waals surface area contributed by atoms with E-state index >= 15 is 0 Å². The summed E-state index contributed by atoms with van der Waals surface area (Å²) in [6, 6.07) is 0. The fourth-order valence-corrected chi connectivity index (χ4v) is 1.78. The molecule has 0 aromatic carbocycles. The largest absolute Gasteiger partial charge is 0.480 e. The highest BCUT2D eigenvalue weighted by Crippen LogP contribution is 2.16. The van der Waals surface area contributed by atoms with Crippen molar-refractivity contribution in [2.45, 2.75) is 38.0 Å². The summed E-state index contributed by atoms with van der Waals surface area (Å²) in [6.07, 6.45) is 0.919. The van der Waals surface area contributed by atoms with Gasteiger partial charge in [-0.05, 0) is 12.8 Å². The molecule has 0 aromatic heterocycles. The van der Waals surface area contributed by atoms with Crippen LogP contribution >= 0.6 is 11.8 Å². The van der Waals surface area contributed by atoms with E-state index in [4.69, 9.17) is 5.11 Å². The maximum absolute atomic E-state index is 10.5. The predicted octanol–water partition coefficient (Wildman–Crippen LogP) is 1.35. The van der Waals surface area contributed by atoms with Gasteiger partial charge >= 0.3 is 5.97 Å². The summed E-state index contributed by atoms with van der Waals surface area (Å²) in [4.78, 5) is 10.5. The molecule has 0 aliphatic heterocycles. The van der Waals surface area contributed by atoms with Crippen molar-refractivity contribution in [3.63, 3.8) is 0 Å². The highest BCUT2D eigenvalue weighted by Gasteiger charge is 2.16. The molecule has 0 rings (SSSR count). The second-order valence-electron chi connectivity index (χ2n) is 2.63. The summed E-state index contributed by atoms with van der Waals surface area (Å²) < 4.78 is 0. The van der Waals surface area contributed by atoms with E-state index in [1.54, 1.807) is 0 Å². The molecule has 0 saturated heterocycles. The zero-order valence-electron chi connectivity index (χ0n) is 7.49. The molecular formula is C8H16O3S.